The number of carbonyl (C=O) groups is 1. The maximum Gasteiger partial charge on any atom is 0.221 e. The Morgan fingerprint density at radius 1 is 1.16 bits per heavy atom. The first-order valence-electron chi connectivity index (χ1n) is 15.0. The minimum absolute atomic E-state index is 0.110. The SMILES string of the molecule is COCCCS(=O)(=O)N1CCC(c2c[nH]c3c(CC(N)=O)cc(-c4cccc(CNCCCn5ccnc5)c4)cc23)CC1. The molecule has 1 saturated heterocycles. The number of hydrogen-bond acceptors (Lipinski definition) is 6. The van der Waals surface area contributed by atoms with E-state index < -0.39 is 10.0 Å². The minimum Gasteiger partial charge on any atom is -0.385 e. The summed E-state index contributed by atoms with van der Waals surface area (Å²) in [5.41, 5.74) is 11.9. The van der Waals surface area contributed by atoms with Crippen LogP contribution in [0.4, 0.5) is 0 Å². The van der Waals surface area contributed by atoms with Gasteiger partial charge in [0.05, 0.1) is 18.5 Å². The molecule has 2 aromatic heterocycles. The van der Waals surface area contributed by atoms with Gasteiger partial charge in [-0.2, -0.15) is 0 Å². The summed E-state index contributed by atoms with van der Waals surface area (Å²) in [4.78, 5) is 19.5. The normalized spacial score (nSPS) is 14.9. The number of benzene rings is 2. The summed E-state index contributed by atoms with van der Waals surface area (Å²) in [6, 6.07) is 12.7. The van der Waals surface area contributed by atoms with Crippen molar-refractivity contribution in [3.05, 3.63) is 78.0 Å². The Labute approximate surface area is 253 Å². The number of imidazole rings is 1. The number of methoxy groups -OCH3 is 1. The van der Waals surface area contributed by atoms with Gasteiger partial charge in [-0.05, 0) is 84.2 Å². The van der Waals surface area contributed by atoms with E-state index in [0.717, 1.165) is 72.1 Å². The van der Waals surface area contributed by atoms with E-state index in [1.165, 1.54) is 5.56 Å². The zero-order valence-electron chi connectivity index (χ0n) is 24.8. The molecule has 0 unspecified atom stereocenters. The van der Waals surface area contributed by atoms with Crippen molar-refractivity contribution in [2.75, 3.05) is 39.1 Å². The van der Waals surface area contributed by atoms with Crippen molar-refractivity contribution in [3.63, 3.8) is 0 Å². The second-order valence-corrected chi connectivity index (χ2v) is 13.4. The summed E-state index contributed by atoms with van der Waals surface area (Å²) in [7, 11) is -1.71. The van der Waals surface area contributed by atoms with Crippen LogP contribution >= 0.6 is 0 Å². The van der Waals surface area contributed by atoms with Crippen LogP contribution in [0.2, 0.25) is 0 Å². The van der Waals surface area contributed by atoms with E-state index in [-0.39, 0.29) is 24.0 Å². The van der Waals surface area contributed by atoms with Crippen LogP contribution in [0.15, 0.2) is 61.3 Å². The fourth-order valence-corrected chi connectivity index (χ4v) is 7.53. The van der Waals surface area contributed by atoms with Crippen molar-refractivity contribution < 1.29 is 17.9 Å². The van der Waals surface area contributed by atoms with Gasteiger partial charge in [-0.25, -0.2) is 17.7 Å². The fourth-order valence-electron chi connectivity index (χ4n) is 6.02. The zero-order chi connectivity index (χ0) is 30.2. The van der Waals surface area contributed by atoms with Crippen LogP contribution in [-0.2, 0) is 39.1 Å². The van der Waals surface area contributed by atoms with Crippen LogP contribution in [0.3, 0.4) is 0 Å². The van der Waals surface area contributed by atoms with Gasteiger partial charge in [0.25, 0.3) is 0 Å². The van der Waals surface area contributed by atoms with Gasteiger partial charge < -0.3 is 25.3 Å². The molecular formula is C32H42N6O4S. The standard InChI is InChI=1S/C32H42N6O4S/c1-42-15-4-16-43(40,41)38-12-7-25(8-13-38)30-22-36-32-28(20-31(33)39)18-27(19-29(30)32)26-6-2-5-24(17-26)21-34-9-3-11-37-14-10-35-23-37/h2,5-6,10,14,17-19,22-23,25,34,36H,3-4,7-9,11-13,15-16,20-21H2,1H3,(H2,33,39). The summed E-state index contributed by atoms with van der Waals surface area (Å²) >= 11 is 0. The van der Waals surface area contributed by atoms with Crippen LogP contribution < -0.4 is 11.1 Å². The molecule has 0 saturated carbocycles. The van der Waals surface area contributed by atoms with E-state index in [1.54, 1.807) is 17.6 Å². The van der Waals surface area contributed by atoms with E-state index in [4.69, 9.17) is 10.5 Å². The largest absolute Gasteiger partial charge is 0.385 e. The van der Waals surface area contributed by atoms with Crippen molar-refractivity contribution in [3.8, 4) is 11.1 Å². The average molecular weight is 607 g/mol. The number of sulfonamides is 1. The predicted octanol–water partition coefficient (Wildman–Crippen LogP) is 3.78. The summed E-state index contributed by atoms with van der Waals surface area (Å²) in [6.07, 6.45) is 10.8. The molecule has 43 heavy (non-hydrogen) atoms. The van der Waals surface area contributed by atoms with Crippen LogP contribution in [-0.4, -0.2) is 72.3 Å². The van der Waals surface area contributed by atoms with E-state index in [1.807, 2.05) is 18.7 Å². The van der Waals surface area contributed by atoms with Gasteiger partial charge in [0.15, 0.2) is 0 Å². The number of H-pyrrole nitrogens is 1. The molecule has 0 spiro atoms. The molecular weight excluding hydrogens is 564 g/mol. The van der Waals surface area contributed by atoms with Gasteiger partial charge in [0.2, 0.25) is 15.9 Å². The van der Waals surface area contributed by atoms with Gasteiger partial charge in [0.1, 0.15) is 0 Å². The number of piperidine rings is 1. The first-order valence-corrected chi connectivity index (χ1v) is 16.6. The lowest BCUT2D eigenvalue weighted by atomic mass is 9.88. The van der Waals surface area contributed by atoms with Crippen molar-refractivity contribution in [2.45, 2.75) is 51.1 Å². The highest BCUT2D eigenvalue weighted by Crippen LogP contribution is 2.37. The molecule has 4 N–H and O–H groups in total. The lowest BCUT2D eigenvalue weighted by Crippen LogP contribution is -2.39. The summed E-state index contributed by atoms with van der Waals surface area (Å²) in [6.45, 7) is 4.02. The van der Waals surface area contributed by atoms with Crippen LogP contribution in [0.5, 0.6) is 0 Å². The number of aryl methyl sites for hydroxylation is 1. The molecule has 1 amide bonds. The molecule has 11 heteroatoms. The number of nitrogens with zero attached hydrogens (tertiary/aromatic N) is 3. The molecule has 0 bridgehead atoms. The number of aromatic amines is 1. The molecule has 4 aromatic rings. The van der Waals surface area contributed by atoms with E-state index in [0.29, 0.717) is 26.1 Å². The lowest BCUT2D eigenvalue weighted by Gasteiger charge is -2.31. The molecule has 10 nitrogen and oxygen atoms in total. The minimum atomic E-state index is -3.29. The molecule has 3 heterocycles. The predicted molar refractivity (Wildman–Crippen MR) is 169 cm³/mol. The molecule has 230 valence electrons. The number of primary amides is 1. The first kappa shape index (κ1) is 30.9. The van der Waals surface area contributed by atoms with E-state index >= 15 is 0 Å². The maximum absolute atomic E-state index is 12.8. The monoisotopic (exact) mass is 606 g/mol. The Morgan fingerprint density at radius 3 is 2.74 bits per heavy atom. The number of nitrogens with two attached hydrogens (primary N) is 1. The second kappa shape index (κ2) is 14.3. The highest BCUT2D eigenvalue weighted by Gasteiger charge is 2.29. The average Bonchev–Trinajstić information content (AvgIpc) is 3.67. The number of aromatic nitrogens is 3. The molecule has 1 aliphatic heterocycles. The van der Waals surface area contributed by atoms with Crippen molar-refractivity contribution in [1.82, 2.24) is 24.2 Å². The Morgan fingerprint density at radius 2 is 2.00 bits per heavy atom. The third-order valence-corrected chi connectivity index (χ3v) is 10.2. The van der Waals surface area contributed by atoms with Crippen molar-refractivity contribution >= 4 is 26.8 Å². The Kier molecular flexibility index (Phi) is 10.3. The van der Waals surface area contributed by atoms with Crippen LogP contribution in [0.25, 0.3) is 22.0 Å². The number of rotatable bonds is 15. The van der Waals surface area contributed by atoms with Crippen molar-refractivity contribution in [2.24, 2.45) is 5.73 Å². The number of hydrogen-bond donors (Lipinski definition) is 3. The van der Waals surface area contributed by atoms with Crippen LogP contribution in [0.1, 0.15) is 48.3 Å². The fraction of sp³-hybridized carbons (Fsp3) is 0.438. The molecule has 1 aliphatic rings. The molecule has 2 aromatic carbocycles. The molecule has 5 rings (SSSR count). The summed E-state index contributed by atoms with van der Waals surface area (Å²) < 4.78 is 34.3. The Balaban J connectivity index is 1.32. The third-order valence-electron chi connectivity index (χ3n) is 8.22. The summed E-state index contributed by atoms with van der Waals surface area (Å²) in [5, 5.41) is 4.60. The van der Waals surface area contributed by atoms with Gasteiger partial charge in [0, 0.05) is 69.4 Å². The zero-order valence-corrected chi connectivity index (χ0v) is 25.6. The second-order valence-electron chi connectivity index (χ2n) is 11.3. The smallest absolute Gasteiger partial charge is 0.221 e. The molecule has 0 radical (unpaired) electrons. The van der Waals surface area contributed by atoms with E-state index in [2.05, 4.69) is 56.3 Å². The van der Waals surface area contributed by atoms with Crippen LogP contribution in [0, 0.1) is 0 Å². The number of ether oxygens (including phenoxy) is 1. The first-order chi connectivity index (χ1) is 20.8. The van der Waals surface area contributed by atoms with Crippen molar-refractivity contribution in [1.29, 1.82) is 0 Å². The van der Waals surface area contributed by atoms with E-state index in [9.17, 15) is 13.2 Å². The number of carbonyl (C=O) groups excluding carboxylic acids is 1. The highest BCUT2D eigenvalue weighted by molar-refractivity contribution is 7.89. The Hall–Kier alpha value is -3.51. The number of nitrogens with one attached hydrogen (secondary N) is 2. The molecule has 0 atom stereocenters. The van der Waals surface area contributed by atoms with Gasteiger partial charge >= 0.3 is 0 Å². The number of amides is 1. The number of fused-ring (bicyclic) bond motifs is 1. The van der Waals surface area contributed by atoms with Gasteiger partial charge in [-0.1, -0.05) is 18.2 Å². The summed E-state index contributed by atoms with van der Waals surface area (Å²) in [5.74, 6) is -0.0534. The molecule has 0 aliphatic carbocycles. The lowest BCUT2D eigenvalue weighted by molar-refractivity contribution is -0.117. The maximum atomic E-state index is 12.8. The molecule has 1 fully saturated rings. The van der Waals surface area contributed by atoms with Gasteiger partial charge in [-0.15, -0.1) is 0 Å². The third kappa shape index (κ3) is 7.91. The quantitative estimate of drug-likeness (QED) is 0.176. The topological polar surface area (TPSA) is 135 Å². The highest BCUT2D eigenvalue weighted by atomic mass is 32.2. The Bertz CT molecular complexity index is 1610. The van der Waals surface area contributed by atoms with Gasteiger partial charge in [-0.3, -0.25) is 4.79 Å².